The largest absolute Gasteiger partial charge is 0.383 e. The molecule has 0 atom stereocenters. The van der Waals surface area contributed by atoms with Crippen LogP contribution >= 0.6 is 0 Å². The minimum Gasteiger partial charge on any atom is -0.383 e. The van der Waals surface area contributed by atoms with Gasteiger partial charge in [0.2, 0.25) is 0 Å². The Morgan fingerprint density at radius 1 is 1.18 bits per heavy atom. The van der Waals surface area contributed by atoms with E-state index in [1.807, 2.05) is 0 Å². The van der Waals surface area contributed by atoms with Crippen LogP contribution in [0.1, 0.15) is 0 Å². The fourth-order valence-corrected chi connectivity index (χ4v) is 0.629. The molecule has 0 aliphatic rings. The van der Waals surface area contributed by atoms with Gasteiger partial charge in [-0.1, -0.05) is 0 Å². The summed E-state index contributed by atoms with van der Waals surface area (Å²) >= 11 is 0. The molecule has 0 aromatic heterocycles. The average Bonchev–Trinajstić information content (AvgIpc) is 2.03. The molecule has 0 unspecified atom stereocenters. The van der Waals surface area contributed by atoms with E-state index in [0.717, 1.165) is 26.3 Å². The van der Waals surface area contributed by atoms with Crippen molar-refractivity contribution >= 4 is 0 Å². The van der Waals surface area contributed by atoms with E-state index in [1.54, 1.807) is 7.11 Å². The molecule has 0 saturated heterocycles. The Balaban J connectivity index is 2.69. The molecule has 4 heteroatoms. The summed E-state index contributed by atoms with van der Waals surface area (Å²) < 4.78 is 9.98. The molecule has 0 rings (SSSR count). The number of methoxy groups -OCH3 is 1. The average molecular weight is 162 g/mol. The third-order valence-corrected chi connectivity index (χ3v) is 1.17. The van der Waals surface area contributed by atoms with Crippen LogP contribution in [0.3, 0.4) is 0 Å². The Hall–Kier alpha value is -0.160. The Morgan fingerprint density at radius 2 is 1.91 bits per heavy atom. The predicted molar refractivity (Wildman–Crippen MR) is 44.6 cm³/mol. The maximum absolute atomic E-state index is 5.23. The Kier molecular flexibility index (Phi) is 9.70. The van der Waals surface area contributed by atoms with Crippen molar-refractivity contribution in [2.24, 2.45) is 5.73 Å². The van der Waals surface area contributed by atoms with Crippen molar-refractivity contribution in [1.29, 1.82) is 0 Å². The molecule has 0 aromatic carbocycles. The first-order chi connectivity index (χ1) is 5.41. The summed E-state index contributed by atoms with van der Waals surface area (Å²) in [5.41, 5.74) is 5.23. The first-order valence-electron chi connectivity index (χ1n) is 3.89. The Morgan fingerprint density at radius 3 is 2.55 bits per heavy atom. The van der Waals surface area contributed by atoms with E-state index in [2.05, 4.69) is 5.32 Å². The van der Waals surface area contributed by atoms with Crippen LogP contribution in [0.2, 0.25) is 0 Å². The number of nitrogens with two attached hydrogens (primary N) is 1. The second-order valence-electron chi connectivity index (χ2n) is 2.14. The molecule has 0 aromatic rings. The summed E-state index contributed by atoms with van der Waals surface area (Å²) in [4.78, 5) is 0. The second kappa shape index (κ2) is 9.84. The summed E-state index contributed by atoms with van der Waals surface area (Å²) in [5.74, 6) is 0. The van der Waals surface area contributed by atoms with Crippen molar-refractivity contribution in [2.45, 2.75) is 0 Å². The molecule has 0 aliphatic heterocycles. The summed E-state index contributed by atoms with van der Waals surface area (Å²) in [6.07, 6.45) is 0. The van der Waals surface area contributed by atoms with Crippen LogP contribution in [0.5, 0.6) is 0 Å². The third-order valence-electron chi connectivity index (χ3n) is 1.17. The number of hydrogen-bond acceptors (Lipinski definition) is 4. The molecule has 3 N–H and O–H groups in total. The van der Waals surface area contributed by atoms with Crippen LogP contribution in [-0.4, -0.2) is 46.6 Å². The lowest BCUT2D eigenvalue weighted by molar-refractivity contribution is 0.139. The van der Waals surface area contributed by atoms with Gasteiger partial charge in [-0.05, 0) is 0 Å². The van der Waals surface area contributed by atoms with E-state index >= 15 is 0 Å². The predicted octanol–water partition coefficient (Wildman–Crippen LogP) is -0.802. The van der Waals surface area contributed by atoms with Gasteiger partial charge in [0.25, 0.3) is 0 Å². The van der Waals surface area contributed by atoms with Gasteiger partial charge in [0.15, 0.2) is 0 Å². The summed E-state index contributed by atoms with van der Waals surface area (Å²) in [5, 5.41) is 3.15. The van der Waals surface area contributed by atoms with Crippen LogP contribution < -0.4 is 11.1 Å². The van der Waals surface area contributed by atoms with E-state index in [-0.39, 0.29) is 0 Å². The molecular weight excluding hydrogens is 144 g/mol. The molecule has 0 bridgehead atoms. The Labute approximate surface area is 68.0 Å². The summed E-state index contributed by atoms with van der Waals surface area (Å²) in [6, 6.07) is 0. The highest BCUT2D eigenvalue weighted by atomic mass is 16.5. The van der Waals surface area contributed by atoms with Gasteiger partial charge in [0.05, 0.1) is 19.8 Å². The fourth-order valence-electron chi connectivity index (χ4n) is 0.629. The highest BCUT2D eigenvalue weighted by molar-refractivity contribution is 4.44. The van der Waals surface area contributed by atoms with Crippen molar-refractivity contribution < 1.29 is 9.47 Å². The highest BCUT2D eigenvalue weighted by Gasteiger charge is 1.86. The second-order valence-corrected chi connectivity index (χ2v) is 2.14. The number of rotatable bonds is 8. The van der Waals surface area contributed by atoms with Crippen LogP contribution in [0, 0.1) is 0 Å². The molecule has 0 amide bonds. The molecule has 0 radical (unpaired) electrons. The third kappa shape index (κ3) is 9.84. The topological polar surface area (TPSA) is 56.5 Å². The lowest BCUT2D eigenvalue weighted by Crippen LogP contribution is -2.24. The molecule has 0 aliphatic carbocycles. The summed E-state index contributed by atoms with van der Waals surface area (Å²) in [6.45, 7) is 4.45. The van der Waals surface area contributed by atoms with Crippen LogP contribution in [0.4, 0.5) is 0 Å². The fraction of sp³-hybridized carbons (Fsp3) is 1.00. The minimum absolute atomic E-state index is 0.595. The quantitative estimate of drug-likeness (QED) is 0.459. The van der Waals surface area contributed by atoms with Crippen molar-refractivity contribution in [3.8, 4) is 0 Å². The van der Waals surface area contributed by atoms with Gasteiger partial charge in [-0.25, -0.2) is 0 Å². The smallest absolute Gasteiger partial charge is 0.0591 e. The monoisotopic (exact) mass is 162 g/mol. The van der Waals surface area contributed by atoms with E-state index in [4.69, 9.17) is 15.2 Å². The van der Waals surface area contributed by atoms with Crippen LogP contribution in [-0.2, 0) is 9.47 Å². The Bertz CT molecular complexity index is 63.5. The lowest BCUT2D eigenvalue weighted by Gasteiger charge is -2.03. The molecule has 0 heterocycles. The van der Waals surface area contributed by atoms with Crippen molar-refractivity contribution in [2.75, 3.05) is 46.6 Å². The van der Waals surface area contributed by atoms with Crippen molar-refractivity contribution in [3.05, 3.63) is 0 Å². The van der Waals surface area contributed by atoms with Gasteiger partial charge in [-0.3, -0.25) is 0 Å². The SMILES string of the molecule is COCCNCCOCCN. The standard InChI is InChI=1S/C7H18N2O2/c1-10-6-3-9-4-7-11-5-2-8/h9H,2-8H2,1H3. The van der Waals surface area contributed by atoms with Crippen molar-refractivity contribution in [3.63, 3.8) is 0 Å². The zero-order valence-corrected chi connectivity index (χ0v) is 7.14. The number of ether oxygens (including phenoxy) is 2. The van der Waals surface area contributed by atoms with E-state index < -0.39 is 0 Å². The van der Waals surface area contributed by atoms with Gasteiger partial charge in [-0.15, -0.1) is 0 Å². The van der Waals surface area contributed by atoms with Gasteiger partial charge in [0, 0.05) is 26.7 Å². The molecule has 11 heavy (non-hydrogen) atoms. The zero-order chi connectivity index (χ0) is 8.36. The van der Waals surface area contributed by atoms with E-state index in [0.29, 0.717) is 13.2 Å². The van der Waals surface area contributed by atoms with E-state index in [9.17, 15) is 0 Å². The molecule has 68 valence electrons. The van der Waals surface area contributed by atoms with Gasteiger partial charge >= 0.3 is 0 Å². The lowest BCUT2D eigenvalue weighted by atomic mass is 10.6. The highest BCUT2D eigenvalue weighted by Crippen LogP contribution is 1.70. The molecule has 4 nitrogen and oxygen atoms in total. The minimum atomic E-state index is 0.595. The molecule has 0 fully saturated rings. The maximum Gasteiger partial charge on any atom is 0.0591 e. The van der Waals surface area contributed by atoms with Gasteiger partial charge in [-0.2, -0.15) is 0 Å². The maximum atomic E-state index is 5.23. The number of nitrogens with one attached hydrogen (secondary N) is 1. The summed E-state index contributed by atoms with van der Waals surface area (Å²) in [7, 11) is 1.69. The zero-order valence-electron chi connectivity index (χ0n) is 7.14. The van der Waals surface area contributed by atoms with Gasteiger partial charge < -0.3 is 20.5 Å². The first kappa shape index (κ1) is 10.8. The van der Waals surface area contributed by atoms with Gasteiger partial charge in [0.1, 0.15) is 0 Å². The van der Waals surface area contributed by atoms with Crippen LogP contribution in [0.15, 0.2) is 0 Å². The molecule has 0 spiro atoms. The number of hydrogen-bond donors (Lipinski definition) is 2. The molecular formula is C7H18N2O2. The van der Waals surface area contributed by atoms with Crippen molar-refractivity contribution in [1.82, 2.24) is 5.32 Å². The molecule has 0 saturated carbocycles. The first-order valence-corrected chi connectivity index (χ1v) is 3.89. The van der Waals surface area contributed by atoms with E-state index in [1.165, 1.54) is 0 Å². The normalized spacial score (nSPS) is 10.4. The van der Waals surface area contributed by atoms with Crippen LogP contribution in [0.25, 0.3) is 0 Å².